The van der Waals surface area contributed by atoms with Crippen LogP contribution in [0.5, 0.6) is 5.75 Å². The van der Waals surface area contributed by atoms with Crippen molar-refractivity contribution >= 4 is 5.91 Å². The summed E-state index contributed by atoms with van der Waals surface area (Å²) in [5, 5.41) is 16.2. The molecule has 7 nitrogen and oxygen atoms in total. The first-order valence-corrected chi connectivity index (χ1v) is 10.5. The zero-order valence-corrected chi connectivity index (χ0v) is 16.9. The summed E-state index contributed by atoms with van der Waals surface area (Å²) in [5.74, 6) is 0.617. The lowest BCUT2D eigenvalue weighted by Gasteiger charge is -2.16. The Balaban J connectivity index is 1.38. The molecular formula is C23H23FN4O3. The normalized spacial score (nSPS) is 18.5. The van der Waals surface area contributed by atoms with Gasteiger partial charge in [-0.3, -0.25) is 4.79 Å². The monoisotopic (exact) mass is 422 g/mol. The van der Waals surface area contributed by atoms with Gasteiger partial charge in [-0.15, -0.1) is 0 Å². The Bertz CT molecular complexity index is 1200. The van der Waals surface area contributed by atoms with Crippen molar-refractivity contribution in [3.8, 4) is 22.6 Å². The summed E-state index contributed by atoms with van der Waals surface area (Å²) in [6.45, 7) is 1.37. The molecule has 1 saturated heterocycles. The summed E-state index contributed by atoms with van der Waals surface area (Å²) in [6.07, 6.45) is 3.30. The third-order valence-corrected chi connectivity index (χ3v) is 6.11. The number of nitrogens with zero attached hydrogens (tertiary/aromatic N) is 3. The predicted molar refractivity (Wildman–Crippen MR) is 112 cm³/mol. The molecule has 0 bridgehead atoms. The van der Waals surface area contributed by atoms with Gasteiger partial charge in [0, 0.05) is 25.4 Å². The van der Waals surface area contributed by atoms with Crippen LogP contribution in [-0.4, -0.2) is 43.8 Å². The Kier molecular flexibility index (Phi) is 4.84. The summed E-state index contributed by atoms with van der Waals surface area (Å²) < 4.78 is 16.3. The van der Waals surface area contributed by atoms with Gasteiger partial charge >= 0.3 is 5.69 Å². The molecule has 2 aromatic carbocycles. The number of amides is 1. The molecule has 1 saturated carbocycles. The van der Waals surface area contributed by atoms with Crippen LogP contribution in [0.15, 0.2) is 47.3 Å². The fraction of sp³-hybridized carbons (Fsp3) is 0.348. The number of aromatic nitrogens is 3. The second-order valence-electron chi connectivity index (χ2n) is 8.41. The molecule has 1 aliphatic heterocycles. The van der Waals surface area contributed by atoms with Crippen LogP contribution in [0.3, 0.4) is 0 Å². The Hall–Kier alpha value is -3.42. The molecule has 2 fully saturated rings. The van der Waals surface area contributed by atoms with E-state index < -0.39 is 11.5 Å². The first kappa shape index (κ1) is 19.5. The van der Waals surface area contributed by atoms with Crippen molar-refractivity contribution in [2.24, 2.45) is 11.8 Å². The van der Waals surface area contributed by atoms with Crippen LogP contribution >= 0.6 is 0 Å². The summed E-state index contributed by atoms with van der Waals surface area (Å²) in [6, 6.07) is 11.2. The zero-order chi connectivity index (χ0) is 21.5. The Morgan fingerprint density at radius 2 is 1.97 bits per heavy atom. The van der Waals surface area contributed by atoms with Crippen LogP contribution in [0.4, 0.5) is 4.39 Å². The summed E-state index contributed by atoms with van der Waals surface area (Å²) >= 11 is 0. The molecule has 1 amide bonds. The number of H-pyrrole nitrogens is 1. The highest BCUT2D eigenvalue weighted by atomic mass is 19.1. The summed E-state index contributed by atoms with van der Waals surface area (Å²) in [5.41, 5.74) is 0.904. The zero-order valence-electron chi connectivity index (χ0n) is 16.9. The number of hydrogen-bond donors (Lipinski definition) is 2. The van der Waals surface area contributed by atoms with Gasteiger partial charge in [0.1, 0.15) is 17.4 Å². The van der Waals surface area contributed by atoms with E-state index in [2.05, 4.69) is 10.2 Å². The first-order valence-electron chi connectivity index (χ1n) is 10.5. The maximum Gasteiger partial charge on any atom is 0.348 e. The number of halogens is 1. The predicted octanol–water partition coefficient (Wildman–Crippen LogP) is 2.87. The molecule has 0 unspecified atom stereocenters. The largest absolute Gasteiger partial charge is 0.508 e. The third-order valence-electron chi connectivity index (χ3n) is 6.11. The quantitative estimate of drug-likeness (QED) is 0.662. The lowest BCUT2D eigenvalue weighted by Crippen LogP contribution is -2.30. The lowest BCUT2D eigenvalue weighted by atomic mass is 10.0. The van der Waals surface area contributed by atoms with Gasteiger partial charge in [-0.05, 0) is 60.6 Å². The number of aromatic amines is 1. The van der Waals surface area contributed by atoms with E-state index in [1.54, 1.807) is 36.4 Å². The van der Waals surface area contributed by atoms with Crippen LogP contribution in [-0.2, 0) is 11.2 Å². The molecule has 3 aromatic rings. The van der Waals surface area contributed by atoms with E-state index in [0.29, 0.717) is 29.9 Å². The fourth-order valence-electron chi connectivity index (χ4n) is 4.31. The molecule has 0 spiro atoms. The molecule has 5 rings (SSSR count). The standard InChI is InChI=1S/C23H23FN4O3/c24-19-12-17(16-2-1-3-18(29)11-16)6-7-20(19)28-21(25-26-23(28)31)10-14-8-9-27(13-14)22(30)15-4-5-15/h1-3,6-7,11-12,14-15,29H,4-5,8-10,13H2,(H,26,31)/t14-/m0/s1. The number of likely N-dealkylation sites (tertiary alicyclic amines) is 1. The molecule has 2 heterocycles. The Morgan fingerprint density at radius 3 is 2.71 bits per heavy atom. The Morgan fingerprint density at radius 1 is 1.16 bits per heavy atom. The number of carbonyl (C=O) groups is 1. The summed E-state index contributed by atoms with van der Waals surface area (Å²) in [4.78, 5) is 26.6. The maximum atomic E-state index is 15.0. The molecule has 31 heavy (non-hydrogen) atoms. The van der Waals surface area contributed by atoms with Crippen molar-refractivity contribution in [1.82, 2.24) is 19.7 Å². The average molecular weight is 422 g/mol. The van der Waals surface area contributed by atoms with Crippen LogP contribution in [0.2, 0.25) is 0 Å². The first-order chi connectivity index (χ1) is 15.0. The molecule has 2 N–H and O–H groups in total. The van der Waals surface area contributed by atoms with Crippen molar-refractivity contribution in [2.45, 2.75) is 25.7 Å². The average Bonchev–Trinajstić information content (AvgIpc) is 3.41. The number of carbonyl (C=O) groups excluding carboxylic acids is 1. The SMILES string of the molecule is O=C(C1CC1)N1CC[C@@H](Cc2n[nH]c(=O)n2-c2ccc(-c3cccc(O)c3)cc2F)C1. The van der Waals surface area contributed by atoms with Crippen LogP contribution in [0, 0.1) is 17.7 Å². The number of hydrogen-bond acceptors (Lipinski definition) is 4. The van der Waals surface area contributed by atoms with Gasteiger partial charge in [-0.25, -0.2) is 18.9 Å². The third kappa shape index (κ3) is 3.85. The van der Waals surface area contributed by atoms with Crippen LogP contribution in [0.1, 0.15) is 25.1 Å². The van der Waals surface area contributed by atoms with Gasteiger partial charge in [-0.1, -0.05) is 18.2 Å². The van der Waals surface area contributed by atoms with Gasteiger partial charge in [0.25, 0.3) is 0 Å². The number of rotatable bonds is 5. The second kappa shape index (κ2) is 7.68. The maximum absolute atomic E-state index is 15.0. The van der Waals surface area contributed by atoms with E-state index in [-0.39, 0.29) is 29.2 Å². The smallest absolute Gasteiger partial charge is 0.348 e. The van der Waals surface area contributed by atoms with Crippen molar-refractivity contribution in [3.05, 3.63) is 64.6 Å². The molecule has 160 valence electrons. The van der Waals surface area contributed by atoms with E-state index in [1.165, 1.54) is 10.6 Å². The van der Waals surface area contributed by atoms with Gasteiger partial charge in [0.15, 0.2) is 0 Å². The Labute approximate surface area is 178 Å². The molecule has 1 atom stereocenters. The van der Waals surface area contributed by atoms with E-state index in [1.807, 2.05) is 4.90 Å². The minimum Gasteiger partial charge on any atom is -0.508 e. The van der Waals surface area contributed by atoms with Gasteiger partial charge in [-0.2, -0.15) is 5.10 Å². The number of phenolic OH excluding ortho intramolecular Hbond substituents is 1. The molecule has 1 aliphatic carbocycles. The van der Waals surface area contributed by atoms with Crippen molar-refractivity contribution in [1.29, 1.82) is 0 Å². The highest BCUT2D eigenvalue weighted by Gasteiger charge is 2.37. The molecule has 1 aromatic heterocycles. The number of phenols is 1. The van der Waals surface area contributed by atoms with Crippen molar-refractivity contribution in [3.63, 3.8) is 0 Å². The molecule has 8 heteroatoms. The van der Waals surface area contributed by atoms with Crippen LogP contribution in [0.25, 0.3) is 16.8 Å². The van der Waals surface area contributed by atoms with Gasteiger partial charge in [0.2, 0.25) is 5.91 Å². The van der Waals surface area contributed by atoms with Crippen molar-refractivity contribution < 1.29 is 14.3 Å². The van der Waals surface area contributed by atoms with Gasteiger partial charge < -0.3 is 10.0 Å². The fourth-order valence-corrected chi connectivity index (χ4v) is 4.31. The van der Waals surface area contributed by atoms with Crippen molar-refractivity contribution in [2.75, 3.05) is 13.1 Å². The van der Waals surface area contributed by atoms with Gasteiger partial charge in [0.05, 0.1) is 5.69 Å². The lowest BCUT2D eigenvalue weighted by molar-refractivity contribution is -0.131. The van der Waals surface area contributed by atoms with E-state index >= 15 is 4.39 Å². The molecule has 0 radical (unpaired) electrons. The van der Waals surface area contributed by atoms with E-state index in [4.69, 9.17) is 0 Å². The minimum atomic E-state index is -0.553. The number of aromatic hydroxyl groups is 1. The summed E-state index contributed by atoms with van der Waals surface area (Å²) in [7, 11) is 0. The van der Waals surface area contributed by atoms with E-state index in [0.717, 1.165) is 25.8 Å². The topological polar surface area (TPSA) is 91.2 Å². The van der Waals surface area contributed by atoms with Crippen LogP contribution < -0.4 is 5.69 Å². The second-order valence-corrected chi connectivity index (χ2v) is 8.41. The molecular weight excluding hydrogens is 399 g/mol. The highest BCUT2D eigenvalue weighted by Crippen LogP contribution is 2.33. The highest BCUT2D eigenvalue weighted by molar-refractivity contribution is 5.81. The number of nitrogens with one attached hydrogen (secondary N) is 1. The molecule has 2 aliphatic rings. The number of benzene rings is 2. The minimum absolute atomic E-state index is 0.0982. The van der Waals surface area contributed by atoms with E-state index in [9.17, 15) is 14.7 Å².